The number of hydrogen-bond acceptors (Lipinski definition) is 2. The highest BCUT2D eigenvalue weighted by molar-refractivity contribution is 5.25. The van der Waals surface area contributed by atoms with E-state index in [0.29, 0.717) is 5.92 Å². The zero-order valence-electron chi connectivity index (χ0n) is 18.2. The van der Waals surface area contributed by atoms with Gasteiger partial charge in [-0.15, -0.1) is 0 Å². The van der Waals surface area contributed by atoms with Crippen LogP contribution >= 0.6 is 0 Å². The van der Waals surface area contributed by atoms with Crippen molar-refractivity contribution in [2.45, 2.75) is 70.5 Å². The van der Waals surface area contributed by atoms with Crippen molar-refractivity contribution in [1.82, 2.24) is 0 Å². The van der Waals surface area contributed by atoms with Gasteiger partial charge in [0.25, 0.3) is 0 Å². The summed E-state index contributed by atoms with van der Waals surface area (Å²) in [6, 6.07) is 19.8. The van der Waals surface area contributed by atoms with Gasteiger partial charge in [0.15, 0.2) is 6.10 Å². The number of aliphatic hydroxyl groups is 1. The maximum Gasteiger partial charge on any atom is 0.153 e. The van der Waals surface area contributed by atoms with Crippen LogP contribution in [0.2, 0.25) is 0 Å². The van der Waals surface area contributed by atoms with E-state index in [1.807, 2.05) is 66.9 Å². The van der Waals surface area contributed by atoms with Crippen molar-refractivity contribution >= 4 is 0 Å². The molecule has 1 fully saturated rings. The molecule has 0 amide bonds. The third kappa shape index (κ3) is 6.60. The predicted octanol–water partition coefficient (Wildman–Crippen LogP) is 7.69. The maximum absolute atomic E-state index is 11.0. The molecule has 2 nitrogen and oxygen atoms in total. The van der Waals surface area contributed by atoms with E-state index in [1.54, 1.807) is 5.57 Å². The van der Waals surface area contributed by atoms with Gasteiger partial charge in [-0.3, -0.25) is 0 Å². The van der Waals surface area contributed by atoms with Gasteiger partial charge < -0.3 is 9.84 Å². The Morgan fingerprint density at radius 3 is 2.37 bits per heavy atom. The first-order valence-corrected chi connectivity index (χ1v) is 11.6. The molecule has 0 heterocycles. The first-order valence-electron chi connectivity index (χ1n) is 11.6. The summed E-state index contributed by atoms with van der Waals surface area (Å²) < 4.78 is 6.18. The maximum atomic E-state index is 11.0. The van der Waals surface area contributed by atoms with Gasteiger partial charge in [-0.1, -0.05) is 98.5 Å². The third-order valence-electron chi connectivity index (χ3n) is 6.01. The van der Waals surface area contributed by atoms with Crippen LogP contribution in [0.25, 0.3) is 0 Å². The Morgan fingerprint density at radius 2 is 1.67 bits per heavy atom. The summed E-state index contributed by atoms with van der Waals surface area (Å²) in [7, 11) is 0. The van der Waals surface area contributed by atoms with E-state index in [-0.39, 0.29) is 0 Å². The number of unbranched alkanes of at least 4 members (excludes halogenated alkanes) is 3. The van der Waals surface area contributed by atoms with Gasteiger partial charge in [0, 0.05) is 5.92 Å². The number of allylic oxidation sites excluding steroid dienone is 3. The fourth-order valence-corrected chi connectivity index (χ4v) is 4.25. The average molecular weight is 405 g/mol. The second-order valence-corrected chi connectivity index (χ2v) is 8.28. The standard InChI is InChI=1S/C28H36O2/c1-2-3-4-7-14-23-15-12-13-16-24(23)21-22-30-28(26-19-10-6-11-20-26)27(29)25-17-8-5-9-18-25/h5-6,8-11,14,17-22,24,27-29H,2-4,7,12-13,15-16H2,1H3/b22-21+,23-14+/t24-,27+,28+/m0/s1. The van der Waals surface area contributed by atoms with E-state index >= 15 is 0 Å². The monoisotopic (exact) mass is 404 g/mol. The van der Waals surface area contributed by atoms with E-state index in [1.165, 1.54) is 51.4 Å². The number of benzene rings is 2. The van der Waals surface area contributed by atoms with Gasteiger partial charge in [-0.2, -0.15) is 0 Å². The SMILES string of the molecule is CCCCC/C=C1\CCCC[C@H]1/C=C/O[C@H](c1ccccc1)[C@H](O)c1ccccc1. The Bertz CT molecular complexity index is 779. The molecule has 2 aromatic rings. The number of ether oxygens (including phenoxy) is 1. The Kier molecular flexibility index (Phi) is 9.24. The lowest BCUT2D eigenvalue weighted by Crippen LogP contribution is -2.13. The largest absolute Gasteiger partial charge is 0.491 e. The summed E-state index contributed by atoms with van der Waals surface area (Å²) in [5.74, 6) is 0.464. The Labute approximate surface area is 182 Å². The molecule has 0 spiro atoms. The van der Waals surface area contributed by atoms with Gasteiger partial charge in [-0.05, 0) is 49.3 Å². The molecule has 0 aliphatic heterocycles. The molecule has 2 heteroatoms. The quantitative estimate of drug-likeness (QED) is 0.250. The highest BCUT2D eigenvalue weighted by Gasteiger charge is 2.24. The molecule has 0 radical (unpaired) electrons. The lowest BCUT2D eigenvalue weighted by Gasteiger charge is -2.25. The molecule has 3 rings (SSSR count). The van der Waals surface area contributed by atoms with Crippen LogP contribution in [0.1, 0.15) is 81.6 Å². The van der Waals surface area contributed by atoms with Crippen molar-refractivity contribution in [2.75, 3.05) is 0 Å². The molecule has 1 N–H and O–H groups in total. The predicted molar refractivity (Wildman–Crippen MR) is 125 cm³/mol. The van der Waals surface area contributed by atoms with Gasteiger partial charge >= 0.3 is 0 Å². The van der Waals surface area contributed by atoms with Gasteiger partial charge in [-0.25, -0.2) is 0 Å². The second kappa shape index (κ2) is 12.4. The number of aliphatic hydroxyl groups excluding tert-OH is 1. The van der Waals surface area contributed by atoms with Crippen molar-refractivity contribution in [3.05, 3.63) is 95.8 Å². The van der Waals surface area contributed by atoms with E-state index in [0.717, 1.165) is 11.1 Å². The normalized spacial score (nSPS) is 20.3. The van der Waals surface area contributed by atoms with E-state index in [2.05, 4.69) is 19.1 Å². The van der Waals surface area contributed by atoms with Crippen LogP contribution in [0.5, 0.6) is 0 Å². The zero-order chi connectivity index (χ0) is 21.0. The molecule has 1 saturated carbocycles. The van der Waals surface area contributed by atoms with Gasteiger partial charge in [0.05, 0.1) is 6.26 Å². The van der Waals surface area contributed by atoms with Crippen LogP contribution in [0.3, 0.4) is 0 Å². The van der Waals surface area contributed by atoms with E-state index in [9.17, 15) is 5.11 Å². The van der Waals surface area contributed by atoms with Crippen molar-refractivity contribution in [3.8, 4) is 0 Å². The molecule has 0 aromatic heterocycles. The first-order chi connectivity index (χ1) is 14.8. The molecule has 0 unspecified atom stereocenters. The van der Waals surface area contributed by atoms with Crippen LogP contribution in [-0.2, 0) is 4.74 Å². The summed E-state index contributed by atoms with van der Waals surface area (Å²) in [6.07, 6.45) is 15.4. The molecule has 1 aliphatic rings. The minimum absolute atomic E-state index is 0.426. The van der Waals surface area contributed by atoms with Crippen LogP contribution in [-0.4, -0.2) is 5.11 Å². The highest BCUT2D eigenvalue weighted by Crippen LogP contribution is 2.34. The van der Waals surface area contributed by atoms with Crippen LogP contribution < -0.4 is 0 Å². The van der Waals surface area contributed by atoms with Gasteiger partial charge in [0.2, 0.25) is 0 Å². The van der Waals surface area contributed by atoms with Crippen molar-refractivity contribution in [2.24, 2.45) is 5.92 Å². The smallest absolute Gasteiger partial charge is 0.153 e. The van der Waals surface area contributed by atoms with E-state index < -0.39 is 12.2 Å². The van der Waals surface area contributed by atoms with Crippen molar-refractivity contribution < 1.29 is 9.84 Å². The fourth-order valence-electron chi connectivity index (χ4n) is 4.25. The molecule has 30 heavy (non-hydrogen) atoms. The Hall–Kier alpha value is -2.32. The lowest BCUT2D eigenvalue weighted by atomic mass is 9.83. The minimum atomic E-state index is -0.714. The number of hydrogen-bond donors (Lipinski definition) is 1. The molecule has 2 aromatic carbocycles. The Balaban J connectivity index is 1.70. The summed E-state index contributed by atoms with van der Waals surface area (Å²) in [6.45, 7) is 2.25. The Morgan fingerprint density at radius 1 is 0.967 bits per heavy atom. The molecular formula is C28H36O2. The third-order valence-corrected chi connectivity index (χ3v) is 6.01. The zero-order valence-corrected chi connectivity index (χ0v) is 18.2. The van der Waals surface area contributed by atoms with Crippen molar-refractivity contribution in [3.63, 3.8) is 0 Å². The summed E-state index contributed by atoms with van der Waals surface area (Å²) in [4.78, 5) is 0. The minimum Gasteiger partial charge on any atom is -0.491 e. The number of rotatable bonds is 10. The summed E-state index contributed by atoms with van der Waals surface area (Å²) >= 11 is 0. The average Bonchev–Trinajstić information content (AvgIpc) is 2.81. The molecular weight excluding hydrogens is 368 g/mol. The van der Waals surface area contributed by atoms with Crippen molar-refractivity contribution in [1.29, 1.82) is 0 Å². The molecule has 0 saturated heterocycles. The fraction of sp³-hybridized carbons (Fsp3) is 0.429. The lowest BCUT2D eigenvalue weighted by molar-refractivity contribution is 0.00568. The second-order valence-electron chi connectivity index (χ2n) is 8.28. The van der Waals surface area contributed by atoms with Crippen LogP contribution in [0, 0.1) is 5.92 Å². The summed E-state index contributed by atoms with van der Waals surface area (Å²) in [5.41, 5.74) is 3.42. The summed E-state index contributed by atoms with van der Waals surface area (Å²) in [5, 5.41) is 11.0. The topological polar surface area (TPSA) is 29.5 Å². The highest BCUT2D eigenvalue weighted by atomic mass is 16.5. The van der Waals surface area contributed by atoms with Crippen LogP contribution in [0.4, 0.5) is 0 Å². The molecule has 160 valence electrons. The molecule has 3 atom stereocenters. The molecule has 0 bridgehead atoms. The van der Waals surface area contributed by atoms with Gasteiger partial charge in [0.1, 0.15) is 6.10 Å². The van der Waals surface area contributed by atoms with E-state index in [4.69, 9.17) is 4.74 Å². The van der Waals surface area contributed by atoms with Crippen LogP contribution in [0.15, 0.2) is 84.7 Å². The first kappa shape index (κ1) is 22.4. The molecule has 1 aliphatic carbocycles.